The number of hydrogen-bond acceptors (Lipinski definition) is 3. The lowest BCUT2D eigenvalue weighted by atomic mass is 9.47. The van der Waals surface area contributed by atoms with Crippen LogP contribution in [0.3, 0.4) is 0 Å². The van der Waals surface area contributed by atoms with Crippen LogP contribution in [0.4, 0.5) is 0 Å². The first kappa shape index (κ1) is 38.5. The number of benzene rings is 2. The van der Waals surface area contributed by atoms with Crippen LogP contribution in [0.5, 0.6) is 11.5 Å². The lowest BCUT2D eigenvalue weighted by Gasteiger charge is -2.58. The first-order chi connectivity index (χ1) is 24.7. The van der Waals surface area contributed by atoms with Crippen molar-refractivity contribution in [3.05, 3.63) is 60.2 Å². The molecule has 0 saturated heterocycles. The normalized spacial score (nSPS) is 30.6. The Balaban J connectivity index is 0.889. The minimum Gasteiger partial charge on any atom is -0.494 e. The SMILES string of the molecule is CCCCOc1ccc(-c2ccc(OCCCCCO[C@H]3CC[C@@]4(C)C(=CC[C@H]5[C@@H]6CC[C@H]([C@H](C)CCCC(C)C)[C@@]6(C)CC[C@@H]54)C3)cc2)cc1. The van der Waals surface area contributed by atoms with E-state index < -0.39 is 0 Å². The van der Waals surface area contributed by atoms with E-state index >= 15 is 0 Å². The van der Waals surface area contributed by atoms with Gasteiger partial charge in [-0.05, 0) is 159 Å². The van der Waals surface area contributed by atoms with Crippen molar-refractivity contribution in [2.24, 2.45) is 46.3 Å². The topological polar surface area (TPSA) is 27.7 Å². The van der Waals surface area contributed by atoms with Gasteiger partial charge >= 0.3 is 0 Å². The fraction of sp³-hybridized carbons (Fsp3) is 0.708. The quantitative estimate of drug-likeness (QED) is 0.115. The number of unbranched alkanes of at least 4 members (excludes halogenated alkanes) is 3. The third-order valence-corrected chi connectivity index (χ3v) is 14.5. The summed E-state index contributed by atoms with van der Waals surface area (Å²) in [6, 6.07) is 16.9. The summed E-state index contributed by atoms with van der Waals surface area (Å²) in [4.78, 5) is 0. The molecule has 0 aromatic heterocycles. The van der Waals surface area contributed by atoms with E-state index in [2.05, 4.69) is 96.1 Å². The molecule has 282 valence electrons. The second-order valence-electron chi connectivity index (χ2n) is 18.2. The molecule has 0 N–H and O–H groups in total. The minimum absolute atomic E-state index is 0.411. The maximum atomic E-state index is 6.55. The highest BCUT2D eigenvalue weighted by Crippen LogP contribution is 2.67. The van der Waals surface area contributed by atoms with Gasteiger partial charge in [0.15, 0.2) is 0 Å². The van der Waals surface area contributed by atoms with Crippen LogP contribution in [0.1, 0.15) is 144 Å². The predicted molar refractivity (Wildman–Crippen MR) is 214 cm³/mol. The highest BCUT2D eigenvalue weighted by atomic mass is 16.5. The maximum absolute atomic E-state index is 6.55. The summed E-state index contributed by atoms with van der Waals surface area (Å²) in [7, 11) is 0. The number of rotatable bonds is 18. The van der Waals surface area contributed by atoms with Crippen molar-refractivity contribution in [2.75, 3.05) is 19.8 Å². The van der Waals surface area contributed by atoms with E-state index in [1.807, 2.05) is 0 Å². The second-order valence-corrected chi connectivity index (χ2v) is 18.2. The van der Waals surface area contributed by atoms with Crippen molar-refractivity contribution in [3.8, 4) is 22.6 Å². The molecule has 2 aromatic rings. The van der Waals surface area contributed by atoms with Crippen molar-refractivity contribution >= 4 is 0 Å². The molecule has 0 radical (unpaired) electrons. The Morgan fingerprint density at radius 2 is 1.35 bits per heavy atom. The Morgan fingerprint density at radius 3 is 2.02 bits per heavy atom. The van der Waals surface area contributed by atoms with E-state index in [1.54, 1.807) is 5.57 Å². The number of ether oxygens (including phenoxy) is 3. The fourth-order valence-corrected chi connectivity index (χ4v) is 11.4. The van der Waals surface area contributed by atoms with Crippen LogP contribution >= 0.6 is 0 Å². The van der Waals surface area contributed by atoms with Crippen LogP contribution < -0.4 is 9.47 Å². The number of hydrogen-bond donors (Lipinski definition) is 0. The molecule has 0 unspecified atom stereocenters. The van der Waals surface area contributed by atoms with Crippen molar-refractivity contribution in [2.45, 2.75) is 150 Å². The molecule has 6 rings (SSSR count). The van der Waals surface area contributed by atoms with Gasteiger partial charge in [0.1, 0.15) is 11.5 Å². The Hall–Kier alpha value is -2.26. The average Bonchev–Trinajstić information content (AvgIpc) is 3.49. The van der Waals surface area contributed by atoms with Crippen LogP contribution in [0, 0.1) is 46.3 Å². The molecule has 3 heteroatoms. The molecule has 3 saturated carbocycles. The van der Waals surface area contributed by atoms with Crippen molar-refractivity contribution in [1.29, 1.82) is 0 Å². The Labute approximate surface area is 312 Å². The molecule has 3 fully saturated rings. The fourth-order valence-electron chi connectivity index (χ4n) is 11.4. The summed E-state index contributed by atoms with van der Waals surface area (Å²) in [5.41, 5.74) is 5.15. The molecule has 0 bridgehead atoms. The van der Waals surface area contributed by atoms with E-state index in [0.29, 0.717) is 16.9 Å². The highest BCUT2D eigenvalue weighted by Gasteiger charge is 2.59. The predicted octanol–water partition coefficient (Wildman–Crippen LogP) is 13.5. The third-order valence-electron chi connectivity index (χ3n) is 14.5. The number of fused-ring (bicyclic) bond motifs is 5. The number of allylic oxidation sites excluding steroid dienone is 1. The average molecular weight is 697 g/mol. The van der Waals surface area contributed by atoms with Gasteiger partial charge in [0.05, 0.1) is 19.3 Å². The van der Waals surface area contributed by atoms with Gasteiger partial charge in [0.2, 0.25) is 0 Å². The van der Waals surface area contributed by atoms with Crippen LogP contribution in [0.15, 0.2) is 60.2 Å². The highest BCUT2D eigenvalue weighted by molar-refractivity contribution is 5.64. The zero-order valence-electron chi connectivity index (χ0n) is 33.4. The zero-order chi connectivity index (χ0) is 35.8. The van der Waals surface area contributed by atoms with Crippen LogP contribution in [0.2, 0.25) is 0 Å². The van der Waals surface area contributed by atoms with E-state index in [4.69, 9.17) is 14.2 Å². The van der Waals surface area contributed by atoms with Gasteiger partial charge in [0, 0.05) is 6.61 Å². The Bertz CT molecular complexity index is 1380. The van der Waals surface area contributed by atoms with E-state index in [-0.39, 0.29) is 0 Å². The first-order valence-corrected chi connectivity index (χ1v) is 21.5. The monoisotopic (exact) mass is 697 g/mol. The molecule has 51 heavy (non-hydrogen) atoms. The van der Waals surface area contributed by atoms with Crippen molar-refractivity contribution in [1.82, 2.24) is 0 Å². The molecule has 0 heterocycles. The Morgan fingerprint density at radius 1 is 0.686 bits per heavy atom. The zero-order valence-corrected chi connectivity index (χ0v) is 33.4. The molecule has 4 aliphatic rings. The van der Waals surface area contributed by atoms with Crippen LogP contribution in [-0.4, -0.2) is 25.9 Å². The lowest BCUT2D eigenvalue weighted by Crippen LogP contribution is -2.51. The minimum atomic E-state index is 0.411. The van der Waals surface area contributed by atoms with E-state index in [1.165, 1.54) is 81.8 Å². The summed E-state index contributed by atoms with van der Waals surface area (Å²) >= 11 is 0. The molecule has 2 aromatic carbocycles. The molecule has 0 spiro atoms. The van der Waals surface area contributed by atoms with Gasteiger partial charge in [-0.15, -0.1) is 0 Å². The van der Waals surface area contributed by atoms with Gasteiger partial charge in [0.25, 0.3) is 0 Å². The smallest absolute Gasteiger partial charge is 0.119 e. The summed E-state index contributed by atoms with van der Waals surface area (Å²) in [6.45, 7) is 17.4. The summed E-state index contributed by atoms with van der Waals surface area (Å²) in [6.07, 6.45) is 24.0. The van der Waals surface area contributed by atoms with Gasteiger partial charge in [-0.3, -0.25) is 0 Å². The van der Waals surface area contributed by atoms with Crippen LogP contribution in [0.25, 0.3) is 11.1 Å². The molecule has 0 amide bonds. The van der Waals surface area contributed by atoms with E-state index in [0.717, 1.165) is 98.9 Å². The maximum Gasteiger partial charge on any atom is 0.119 e. The molecule has 0 aliphatic heterocycles. The standard InChI is InChI=1S/C48H72O3/c1-7-8-31-49-40-20-15-37(16-21-40)38-17-22-41(23-18-38)50-32-10-9-11-33-51-42-27-29-47(5)39(34-42)19-24-43-45-26-25-44(36(4)14-12-13-35(2)3)48(45,6)30-28-46(43)47/h15-23,35-36,42-46H,7-14,24-34H2,1-6H3/t36-,42+,43+,44-,45+,46+,47+,48-/m1/s1. The molecule has 3 nitrogen and oxygen atoms in total. The van der Waals surface area contributed by atoms with Crippen molar-refractivity contribution < 1.29 is 14.2 Å². The summed E-state index contributed by atoms with van der Waals surface area (Å²) in [5, 5.41) is 0. The Kier molecular flexibility index (Phi) is 13.4. The summed E-state index contributed by atoms with van der Waals surface area (Å²) < 4.78 is 18.4. The third kappa shape index (κ3) is 9.10. The lowest BCUT2D eigenvalue weighted by molar-refractivity contribution is -0.0641. The van der Waals surface area contributed by atoms with Gasteiger partial charge in [-0.25, -0.2) is 0 Å². The molecular weight excluding hydrogens is 625 g/mol. The largest absolute Gasteiger partial charge is 0.494 e. The second kappa shape index (κ2) is 17.7. The van der Waals surface area contributed by atoms with Gasteiger partial charge in [-0.2, -0.15) is 0 Å². The van der Waals surface area contributed by atoms with Gasteiger partial charge in [-0.1, -0.05) is 103 Å². The first-order valence-electron chi connectivity index (χ1n) is 21.5. The van der Waals surface area contributed by atoms with E-state index in [9.17, 15) is 0 Å². The van der Waals surface area contributed by atoms with Crippen LogP contribution in [-0.2, 0) is 4.74 Å². The molecule has 8 atom stereocenters. The van der Waals surface area contributed by atoms with Gasteiger partial charge < -0.3 is 14.2 Å². The molecular formula is C48H72O3. The molecule has 4 aliphatic carbocycles. The van der Waals surface area contributed by atoms with Crippen molar-refractivity contribution in [3.63, 3.8) is 0 Å². The summed E-state index contributed by atoms with van der Waals surface area (Å²) in [5.74, 6) is 7.33.